The molecule has 1 heterocycles. The quantitative estimate of drug-likeness (QED) is 0.819. The lowest BCUT2D eigenvalue weighted by Gasteiger charge is -2.27. The molecule has 0 bridgehead atoms. The summed E-state index contributed by atoms with van der Waals surface area (Å²) in [5, 5.41) is 3.12. The highest BCUT2D eigenvalue weighted by atomic mass is 32.2. The Bertz CT molecular complexity index is 596. The van der Waals surface area contributed by atoms with Crippen molar-refractivity contribution in [2.45, 2.75) is 18.5 Å². The van der Waals surface area contributed by atoms with Gasteiger partial charge in [-0.3, -0.25) is 5.32 Å². The van der Waals surface area contributed by atoms with E-state index in [2.05, 4.69) is 5.32 Å². The van der Waals surface area contributed by atoms with Crippen molar-refractivity contribution in [2.24, 2.45) is 0 Å². The van der Waals surface area contributed by atoms with E-state index in [1.807, 2.05) is 24.3 Å². The van der Waals surface area contributed by atoms with Crippen LogP contribution in [0.4, 0.5) is 0 Å². The molecule has 1 aliphatic rings. The molecular weight excluding hydrogens is 266 g/mol. The number of nitrogens with one attached hydrogen (secondary N) is 1. The Kier molecular flexibility index (Phi) is 3.64. The van der Waals surface area contributed by atoms with Crippen LogP contribution in [0.25, 0.3) is 0 Å². The van der Waals surface area contributed by atoms with Crippen molar-refractivity contribution >= 4 is 15.8 Å². The van der Waals surface area contributed by atoms with Crippen molar-refractivity contribution in [3.05, 3.63) is 35.4 Å². The number of carbonyl (C=O) groups is 1. The van der Waals surface area contributed by atoms with Crippen molar-refractivity contribution in [3.8, 4) is 0 Å². The van der Waals surface area contributed by atoms with E-state index in [9.17, 15) is 13.2 Å². The lowest BCUT2D eigenvalue weighted by molar-refractivity contribution is -0.149. The largest absolute Gasteiger partial charge is 0.467 e. The molecule has 0 radical (unpaired) electrons. The summed E-state index contributed by atoms with van der Waals surface area (Å²) in [6, 6.07) is 7.50. The fraction of sp³-hybridized carbons (Fsp3) is 0.462. The molecule has 0 fully saturated rings. The Morgan fingerprint density at radius 3 is 2.74 bits per heavy atom. The third-order valence-electron chi connectivity index (χ3n) is 3.44. The zero-order chi connectivity index (χ0) is 14.1. The van der Waals surface area contributed by atoms with Crippen LogP contribution in [-0.4, -0.2) is 33.5 Å². The van der Waals surface area contributed by atoms with E-state index in [-0.39, 0.29) is 12.2 Å². The molecule has 1 N–H and O–H groups in total. The van der Waals surface area contributed by atoms with E-state index >= 15 is 0 Å². The van der Waals surface area contributed by atoms with E-state index < -0.39 is 21.3 Å². The predicted molar refractivity (Wildman–Crippen MR) is 71.3 cm³/mol. The van der Waals surface area contributed by atoms with Gasteiger partial charge in [-0.2, -0.15) is 0 Å². The van der Waals surface area contributed by atoms with Crippen molar-refractivity contribution < 1.29 is 17.9 Å². The van der Waals surface area contributed by atoms with Gasteiger partial charge in [-0.05, 0) is 17.5 Å². The number of sulfone groups is 1. The molecule has 1 aliphatic heterocycles. The minimum Gasteiger partial charge on any atom is -0.467 e. The number of benzene rings is 1. The molecule has 6 heteroatoms. The Morgan fingerprint density at radius 1 is 1.42 bits per heavy atom. The number of hydrogen-bond donors (Lipinski definition) is 1. The fourth-order valence-corrected chi connectivity index (χ4v) is 3.13. The van der Waals surface area contributed by atoms with Crippen LogP contribution >= 0.6 is 0 Å². The van der Waals surface area contributed by atoms with Gasteiger partial charge >= 0.3 is 5.97 Å². The topological polar surface area (TPSA) is 72.5 Å². The molecule has 104 valence electrons. The Labute approximate surface area is 112 Å². The first kappa shape index (κ1) is 14.0. The Hall–Kier alpha value is -1.40. The van der Waals surface area contributed by atoms with Crippen molar-refractivity contribution in [1.29, 1.82) is 0 Å². The van der Waals surface area contributed by atoms with Crippen LogP contribution in [0.3, 0.4) is 0 Å². The Morgan fingerprint density at radius 2 is 2.11 bits per heavy atom. The molecule has 2 rings (SSSR count). The lowest BCUT2D eigenvalue weighted by Crippen LogP contribution is -2.46. The second-order valence-corrected chi connectivity index (χ2v) is 7.05. The average Bonchev–Trinajstić information content (AvgIpc) is 2.75. The SMILES string of the molecule is COC(=O)C1(CCS(C)(=O)=O)NCc2ccccc21. The summed E-state index contributed by atoms with van der Waals surface area (Å²) in [6.45, 7) is 0.537. The van der Waals surface area contributed by atoms with Gasteiger partial charge in [-0.1, -0.05) is 24.3 Å². The van der Waals surface area contributed by atoms with Crippen LogP contribution in [-0.2, 0) is 31.5 Å². The summed E-state index contributed by atoms with van der Waals surface area (Å²) in [5.41, 5.74) is 0.765. The second-order valence-electron chi connectivity index (χ2n) is 4.79. The number of carbonyl (C=O) groups excluding carboxylic acids is 1. The van der Waals surface area contributed by atoms with Crippen LogP contribution in [0.15, 0.2) is 24.3 Å². The van der Waals surface area contributed by atoms with Crippen molar-refractivity contribution in [3.63, 3.8) is 0 Å². The van der Waals surface area contributed by atoms with Gasteiger partial charge in [-0.25, -0.2) is 13.2 Å². The molecule has 0 saturated carbocycles. The van der Waals surface area contributed by atoms with Crippen molar-refractivity contribution in [1.82, 2.24) is 5.32 Å². The van der Waals surface area contributed by atoms with Crippen molar-refractivity contribution in [2.75, 3.05) is 19.1 Å². The number of rotatable bonds is 4. The highest BCUT2D eigenvalue weighted by Gasteiger charge is 2.46. The average molecular weight is 283 g/mol. The number of fused-ring (bicyclic) bond motifs is 1. The highest BCUT2D eigenvalue weighted by Crippen LogP contribution is 2.35. The molecule has 0 spiro atoms. The van der Waals surface area contributed by atoms with E-state index in [1.165, 1.54) is 13.4 Å². The van der Waals surface area contributed by atoms with Crippen LogP contribution in [0.2, 0.25) is 0 Å². The minimum absolute atomic E-state index is 0.0660. The van der Waals surface area contributed by atoms with Gasteiger partial charge in [0.1, 0.15) is 15.4 Å². The van der Waals surface area contributed by atoms with E-state index in [4.69, 9.17) is 4.74 Å². The summed E-state index contributed by atoms with van der Waals surface area (Å²) in [6.07, 6.45) is 1.34. The fourth-order valence-electron chi connectivity index (χ4n) is 2.45. The molecule has 5 nitrogen and oxygen atoms in total. The van der Waals surface area contributed by atoms with Gasteiger partial charge < -0.3 is 4.74 Å². The van der Waals surface area contributed by atoms with Gasteiger partial charge in [0.2, 0.25) is 0 Å². The molecule has 19 heavy (non-hydrogen) atoms. The number of ether oxygens (including phenoxy) is 1. The normalized spacial score (nSPS) is 22.0. The molecule has 0 aromatic heterocycles. The predicted octanol–water partition coefficient (Wildman–Crippen LogP) is 0.593. The maximum atomic E-state index is 12.1. The van der Waals surface area contributed by atoms with Crippen LogP contribution < -0.4 is 5.32 Å². The third kappa shape index (κ3) is 2.64. The molecule has 0 aliphatic carbocycles. The maximum Gasteiger partial charge on any atom is 0.330 e. The summed E-state index contributed by atoms with van der Waals surface area (Å²) in [7, 11) is -1.83. The molecule has 0 saturated heterocycles. The zero-order valence-electron chi connectivity index (χ0n) is 11.0. The lowest BCUT2D eigenvalue weighted by atomic mass is 9.88. The second kappa shape index (κ2) is 4.94. The first-order valence-corrected chi connectivity index (χ1v) is 8.05. The molecule has 1 atom stereocenters. The molecule has 1 aromatic carbocycles. The number of methoxy groups -OCH3 is 1. The third-order valence-corrected chi connectivity index (χ3v) is 4.39. The summed E-state index contributed by atoms with van der Waals surface area (Å²) < 4.78 is 27.6. The van der Waals surface area contributed by atoms with Crippen LogP contribution in [0.1, 0.15) is 17.5 Å². The van der Waals surface area contributed by atoms with E-state index in [0.717, 1.165) is 11.1 Å². The summed E-state index contributed by atoms with van der Waals surface area (Å²) >= 11 is 0. The molecule has 1 unspecified atom stereocenters. The highest BCUT2D eigenvalue weighted by molar-refractivity contribution is 7.90. The number of hydrogen-bond acceptors (Lipinski definition) is 5. The molecule has 1 aromatic rings. The summed E-state index contributed by atoms with van der Waals surface area (Å²) in [4.78, 5) is 12.1. The Balaban J connectivity index is 2.41. The molecule has 0 amide bonds. The maximum absolute atomic E-state index is 12.1. The van der Waals surface area contributed by atoms with Crippen LogP contribution in [0.5, 0.6) is 0 Å². The summed E-state index contributed by atoms with van der Waals surface area (Å²) in [5.74, 6) is -0.509. The first-order valence-electron chi connectivity index (χ1n) is 5.98. The standard InChI is InChI=1S/C13H17NO4S/c1-18-12(15)13(7-8-19(2,16)17)11-6-4-3-5-10(11)9-14-13/h3-6,14H,7-9H2,1-2H3. The first-order chi connectivity index (χ1) is 8.89. The minimum atomic E-state index is -3.14. The van der Waals surface area contributed by atoms with E-state index in [1.54, 1.807) is 0 Å². The van der Waals surface area contributed by atoms with Gasteiger partial charge in [0.05, 0.1) is 12.9 Å². The van der Waals surface area contributed by atoms with E-state index in [0.29, 0.717) is 6.54 Å². The van der Waals surface area contributed by atoms with Gasteiger partial charge in [0, 0.05) is 12.8 Å². The monoisotopic (exact) mass is 283 g/mol. The molecular formula is C13H17NO4S. The van der Waals surface area contributed by atoms with Gasteiger partial charge in [-0.15, -0.1) is 0 Å². The van der Waals surface area contributed by atoms with Gasteiger partial charge in [0.15, 0.2) is 0 Å². The van der Waals surface area contributed by atoms with Crippen LogP contribution in [0, 0.1) is 0 Å². The smallest absolute Gasteiger partial charge is 0.330 e. The number of esters is 1. The zero-order valence-corrected chi connectivity index (χ0v) is 11.8. The van der Waals surface area contributed by atoms with Gasteiger partial charge in [0.25, 0.3) is 0 Å².